The summed E-state index contributed by atoms with van der Waals surface area (Å²) in [6.45, 7) is 5.29. The largest absolute Gasteiger partial charge is 0.451 e. The van der Waals surface area contributed by atoms with E-state index in [9.17, 15) is 18.0 Å². The first-order chi connectivity index (χ1) is 7.68. The fourth-order valence-corrected chi connectivity index (χ4v) is 1.14. The van der Waals surface area contributed by atoms with Crippen molar-refractivity contribution in [2.75, 3.05) is 0 Å². The van der Waals surface area contributed by atoms with Gasteiger partial charge in [-0.05, 0) is 6.42 Å². The van der Waals surface area contributed by atoms with Gasteiger partial charge in [-0.25, -0.2) is 9.97 Å². The molecule has 0 radical (unpaired) electrons. The summed E-state index contributed by atoms with van der Waals surface area (Å²) < 4.78 is 36.6. The quantitative estimate of drug-likeness (QED) is 0.769. The Labute approximate surface area is 97.1 Å². The molecule has 0 spiro atoms. The van der Waals surface area contributed by atoms with Crippen molar-refractivity contribution in [3.05, 3.63) is 23.8 Å². The van der Waals surface area contributed by atoms with Crippen molar-refractivity contribution in [3.63, 3.8) is 0 Å². The van der Waals surface area contributed by atoms with E-state index >= 15 is 0 Å². The molecule has 0 N–H and O–H groups in total. The summed E-state index contributed by atoms with van der Waals surface area (Å²) in [4.78, 5) is 18.2. The third-order valence-electron chi connectivity index (χ3n) is 2.67. The second-order valence-corrected chi connectivity index (χ2v) is 4.36. The van der Waals surface area contributed by atoms with Crippen molar-refractivity contribution >= 4 is 5.78 Å². The molecule has 0 aromatic carbocycles. The van der Waals surface area contributed by atoms with E-state index in [4.69, 9.17) is 0 Å². The topological polar surface area (TPSA) is 42.9 Å². The summed E-state index contributed by atoms with van der Waals surface area (Å²) in [5.41, 5.74) is -0.520. The second kappa shape index (κ2) is 4.43. The van der Waals surface area contributed by atoms with Crippen LogP contribution < -0.4 is 0 Å². The van der Waals surface area contributed by atoms with Crippen LogP contribution in [-0.4, -0.2) is 15.8 Å². The van der Waals surface area contributed by atoms with Gasteiger partial charge in [-0.3, -0.25) is 4.79 Å². The highest BCUT2D eigenvalue weighted by atomic mass is 19.4. The molecule has 1 heterocycles. The molecule has 0 aliphatic rings. The molecule has 0 bridgehead atoms. The van der Waals surface area contributed by atoms with Crippen LogP contribution in [0.2, 0.25) is 0 Å². The lowest BCUT2D eigenvalue weighted by Gasteiger charge is -2.20. The Bertz CT molecular complexity index is 410. The average Bonchev–Trinajstić information content (AvgIpc) is 2.27. The predicted molar refractivity (Wildman–Crippen MR) is 55.4 cm³/mol. The first kappa shape index (κ1) is 13.6. The highest BCUT2D eigenvalue weighted by Crippen LogP contribution is 2.27. The number of hydrogen-bond donors (Lipinski definition) is 0. The summed E-state index contributed by atoms with van der Waals surface area (Å²) >= 11 is 0. The minimum Gasteiger partial charge on any atom is -0.293 e. The van der Waals surface area contributed by atoms with E-state index in [-0.39, 0.29) is 11.3 Å². The number of ketones is 1. The van der Waals surface area contributed by atoms with E-state index in [0.717, 1.165) is 12.4 Å². The zero-order valence-corrected chi connectivity index (χ0v) is 9.80. The van der Waals surface area contributed by atoms with Gasteiger partial charge in [-0.2, -0.15) is 13.2 Å². The number of halogens is 3. The molecule has 0 saturated heterocycles. The van der Waals surface area contributed by atoms with Crippen molar-refractivity contribution in [1.29, 1.82) is 0 Å². The molecule has 0 unspecified atom stereocenters. The third kappa shape index (κ3) is 3.01. The summed E-state index contributed by atoms with van der Waals surface area (Å²) in [5, 5.41) is 0. The van der Waals surface area contributed by atoms with E-state index in [1.54, 1.807) is 13.8 Å². The van der Waals surface area contributed by atoms with Crippen molar-refractivity contribution in [3.8, 4) is 0 Å². The maximum absolute atomic E-state index is 12.2. The molecule has 0 amide bonds. The smallest absolute Gasteiger partial charge is 0.293 e. The predicted octanol–water partition coefficient (Wildman–Crippen LogP) is 3.11. The van der Waals surface area contributed by atoms with Gasteiger partial charge in [0.1, 0.15) is 0 Å². The van der Waals surface area contributed by atoms with Crippen molar-refractivity contribution in [2.45, 2.75) is 33.4 Å². The third-order valence-corrected chi connectivity index (χ3v) is 2.67. The summed E-state index contributed by atoms with van der Waals surface area (Å²) in [6, 6.07) is 0. The zero-order chi connectivity index (χ0) is 13.3. The van der Waals surface area contributed by atoms with Crippen LogP contribution in [0.15, 0.2) is 12.4 Å². The van der Waals surface area contributed by atoms with Gasteiger partial charge in [0.25, 0.3) is 0 Å². The standard InChI is InChI=1S/C11H13F3N2O/c1-4-10(2,3)8(17)7-5-15-9(16-6-7)11(12,13)14/h5-6H,4H2,1-3H3. The van der Waals surface area contributed by atoms with Gasteiger partial charge in [0, 0.05) is 17.8 Å². The Hall–Kier alpha value is -1.46. The number of rotatable bonds is 3. The van der Waals surface area contributed by atoms with Crippen molar-refractivity contribution in [1.82, 2.24) is 9.97 Å². The lowest BCUT2D eigenvalue weighted by molar-refractivity contribution is -0.145. The van der Waals surface area contributed by atoms with Gasteiger partial charge in [0.2, 0.25) is 5.82 Å². The number of nitrogens with zero attached hydrogens (tertiary/aromatic N) is 2. The monoisotopic (exact) mass is 246 g/mol. The molecule has 94 valence electrons. The van der Waals surface area contributed by atoms with Crippen LogP contribution in [0.4, 0.5) is 13.2 Å². The molecule has 1 rings (SSSR count). The van der Waals surface area contributed by atoms with E-state index in [0.29, 0.717) is 6.42 Å². The SMILES string of the molecule is CCC(C)(C)C(=O)c1cnc(C(F)(F)F)nc1. The van der Waals surface area contributed by atoms with Crippen LogP contribution in [0.5, 0.6) is 0 Å². The van der Waals surface area contributed by atoms with Gasteiger partial charge in [0.05, 0.1) is 5.56 Å². The molecule has 1 aromatic heterocycles. The zero-order valence-electron chi connectivity index (χ0n) is 9.80. The van der Waals surface area contributed by atoms with Crippen molar-refractivity contribution in [2.24, 2.45) is 5.41 Å². The first-order valence-corrected chi connectivity index (χ1v) is 5.12. The maximum atomic E-state index is 12.2. The van der Waals surface area contributed by atoms with E-state index in [1.807, 2.05) is 6.92 Å². The van der Waals surface area contributed by atoms with Crippen LogP contribution in [0.1, 0.15) is 43.4 Å². The van der Waals surface area contributed by atoms with Crippen LogP contribution in [-0.2, 0) is 6.18 Å². The average molecular weight is 246 g/mol. The fourth-order valence-electron chi connectivity index (χ4n) is 1.14. The Morgan fingerprint density at radius 2 is 1.71 bits per heavy atom. The number of aromatic nitrogens is 2. The molecule has 0 atom stereocenters. The molecular formula is C11H13F3N2O. The van der Waals surface area contributed by atoms with Crippen LogP contribution in [0, 0.1) is 5.41 Å². The van der Waals surface area contributed by atoms with Gasteiger partial charge in [0.15, 0.2) is 5.78 Å². The van der Waals surface area contributed by atoms with Gasteiger partial charge >= 0.3 is 6.18 Å². The van der Waals surface area contributed by atoms with Gasteiger partial charge in [-0.15, -0.1) is 0 Å². The minimum absolute atomic E-state index is 0.102. The first-order valence-electron chi connectivity index (χ1n) is 5.12. The number of carbonyl (C=O) groups excluding carboxylic acids is 1. The van der Waals surface area contributed by atoms with E-state index in [1.165, 1.54) is 0 Å². The van der Waals surface area contributed by atoms with E-state index < -0.39 is 17.4 Å². The Kier molecular flexibility index (Phi) is 3.54. The van der Waals surface area contributed by atoms with Gasteiger partial charge < -0.3 is 0 Å². The summed E-state index contributed by atoms with van der Waals surface area (Å²) in [6.07, 6.45) is -2.14. The number of carbonyl (C=O) groups is 1. The number of hydrogen-bond acceptors (Lipinski definition) is 3. The summed E-state index contributed by atoms with van der Waals surface area (Å²) in [5.74, 6) is -1.49. The molecule has 0 aliphatic heterocycles. The lowest BCUT2D eigenvalue weighted by atomic mass is 9.83. The van der Waals surface area contributed by atoms with Crippen molar-refractivity contribution < 1.29 is 18.0 Å². The van der Waals surface area contributed by atoms with Gasteiger partial charge in [-0.1, -0.05) is 20.8 Å². The van der Waals surface area contributed by atoms with E-state index in [2.05, 4.69) is 9.97 Å². The Balaban J connectivity index is 3.00. The maximum Gasteiger partial charge on any atom is 0.451 e. The molecule has 6 heteroatoms. The van der Waals surface area contributed by atoms with Crippen LogP contribution >= 0.6 is 0 Å². The Morgan fingerprint density at radius 3 is 2.06 bits per heavy atom. The van der Waals surface area contributed by atoms with Crippen LogP contribution in [0.25, 0.3) is 0 Å². The fraction of sp³-hybridized carbons (Fsp3) is 0.545. The molecule has 3 nitrogen and oxygen atoms in total. The normalized spacial score (nSPS) is 12.6. The summed E-state index contributed by atoms with van der Waals surface area (Å²) in [7, 11) is 0. The second-order valence-electron chi connectivity index (χ2n) is 4.36. The highest BCUT2D eigenvalue weighted by Gasteiger charge is 2.35. The molecule has 0 saturated carbocycles. The highest BCUT2D eigenvalue weighted by molar-refractivity contribution is 5.99. The Morgan fingerprint density at radius 1 is 1.24 bits per heavy atom. The van der Waals surface area contributed by atoms with Crippen LogP contribution in [0.3, 0.4) is 0 Å². The minimum atomic E-state index is -4.58. The number of Topliss-reactive ketones (excluding diaryl/α,β-unsaturated/α-hetero) is 1. The molecule has 0 aliphatic carbocycles. The molecule has 17 heavy (non-hydrogen) atoms. The lowest BCUT2D eigenvalue weighted by Crippen LogP contribution is -2.24. The molecular weight excluding hydrogens is 233 g/mol. The molecule has 1 aromatic rings. The number of alkyl halides is 3. The molecule has 0 fully saturated rings.